The zero-order chi connectivity index (χ0) is 13.3. The van der Waals surface area contributed by atoms with Crippen LogP contribution in [0.15, 0.2) is 0 Å². The van der Waals surface area contributed by atoms with Crippen molar-refractivity contribution < 1.29 is 0 Å². The SMILES string of the molecule is CC(C)CCCCCCCC(C(C)C)C(C)C. The summed E-state index contributed by atoms with van der Waals surface area (Å²) in [5.41, 5.74) is 0. The van der Waals surface area contributed by atoms with E-state index in [2.05, 4.69) is 41.5 Å². The first kappa shape index (κ1) is 17.0. The van der Waals surface area contributed by atoms with Crippen LogP contribution >= 0.6 is 0 Å². The first-order valence-electron chi connectivity index (χ1n) is 7.95. The molecule has 0 fully saturated rings. The summed E-state index contributed by atoms with van der Waals surface area (Å²) in [6.45, 7) is 14.2. The maximum atomic E-state index is 2.38. The van der Waals surface area contributed by atoms with Crippen LogP contribution in [0.3, 0.4) is 0 Å². The quantitative estimate of drug-likeness (QED) is 0.393. The van der Waals surface area contributed by atoms with Gasteiger partial charge in [0.25, 0.3) is 0 Å². The molecule has 0 aliphatic heterocycles. The third kappa shape index (κ3) is 9.68. The van der Waals surface area contributed by atoms with Crippen LogP contribution in [0.4, 0.5) is 0 Å². The Morgan fingerprint density at radius 3 is 1.35 bits per heavy atom. The molecule has 0 heterocycles. The maximum Gasteiger partial charge on any atom is -0.0368 e. The lowest BCUT2D eigenvalue weighted by molar-refractivity contribution is 0.261. The molecule has 0 N–H and O–H groups in total. The maximum absolute atomic E-state index is 2.38. The summed E-state index contributed by atoms with van der Waals surface area (Å²) in [4.78, 5) is 0. The number of hydrogen-bond donors (Lipinski definition) is 0. The first-order valence-corrected chi connectivity index (χ1v) is 7.95. The van der Waals surface area contributed by atoms with Gasteiger partial charge in [-0.2, -0.15) is 0 Å². The summed E-state index contributed by atoms with van der Waals surface area (Å²) in [6.07, 6.45) is 10.1. The standard InChI is InChI=1S/C17H36/c1-14(2)12-10-8-7-9-11-13-17(15(3)4)16(5)6/h14-17H,7-13H2,1-6H3. The molecule has 0 atom stereocenters. The Morgan fingerprint density at radius 1 is 0.529 bits per heavy atom. The van der Waals surface area contributed by atoms with E-state index < -0.39 is 0 Å². The number of hydrogen-bond acceptors (Lipinski definition) is 0. The normalized spacial score (nSPS) is 12.4. The van der Waals surface area contributed by atoms with Gasteiger partial charge in [0.2, 0.25) is 0 Å². The Kier molecular flexibility index (Phi) is 9.97. The molecule has 0 spiro atoms. The second-order valence-corrected chi connectivity index (χ2v) is 6.89. The van der Waals surface area contributed by atoms with Gasteiger partial charge in [-0.05, 0) is 30.1 Å². The Bertz CT molecular complexity index is 147. The van der Waals surface area contributed by atoms with Crippen LogP contribution in [-0.4, -0.2) is 0 Å². The average molecular weight is 240 g/mol. The van der Waals surface area contributed by atoms with E-state index in [9.17, 15) is 0 Å². The van der Waals surface area contributed by atoms with E-state index in [1.165, 1.54) is 44.9 Å². The van der Waals surface area contributed by atoms with Gasteiger partial charge in [0.15, 0.2) is 0 Å². The zero-order valence-electron chi connectivity index (χ0n) is 13.3. The molecule has 17 heavy (non-hydrogen) atoms. The molecule has 0 aliphatic rings. The summed E-state index contributed by atoms with van der Waals surface area (Å²) >= 11 is 0. The molecule has 0 aromatic heterocycles. The topological polar surface area (TPSA) is 0 Å². The molecule has 0 saturated carbocycles. The third-order valence-corrected chi connectivity index (χ3v) is 4.03. The Hall–Kier alpha value is 0. The van der Waals surface area contributed by atoms with Crippen molar-refractivity contribution in [1.82, 2.24) is 0 Å². The van der Waals surface area contributed by atoms with Gasteiger partial charge in [-0.15, -0.1) is 0 Å². The molecule has 0 heteroatoms. The molecule has 0 aliphatic carbocycles. The van der Waals surface area contributed by atoms with Crippen molar-refractivity contribution in [3.8, 4) is 0 Å². The Morgan fingerprint density at radius 2 is 0.941 bits per heavy atom. The average Bonchev–Trinajstić information content (AvgIpc) is 2.20. The van der Waals surface area contributed by atoms with Crippen LogP contribution in [0.2, 0.25) is 0 Å². The van der Waals surface area contributed by atoms with Gasteiger partial charge in [0, 0.05) is 0 Å². The highest BCUT2D eigenvalue weighted by molar-refractivity contribution is 4.66. The van der Waals surface area contributed by atoms with E-state index in [-0.39, 0.29) is 0 Å². The van der Waals surface area contributed by atoms with Gasteiger partial charge < -0.3 is 0 Å². The fraction of sp³-hybridized carbons (Fsp3) is 1.00. The molecular weight excluding hydrogens is 204 g/mol. The third-order valence-electron chi connectivity index (χ3n) is 4.03. The molecule has 0 unspecified atom stereocenters. The van der Waals surface area contributed by atoms with Crippen molar-refractivity contribution in [3.63, 3.8) is 0 Å². The van der Waals surface area contributed by atoms with Gasteiger partial charge in [-0.3, -0.25) is 0 Å². The second-order valence-electron chi connectivity index (χ2n) is 6.89. The molecule has 0 saturated heterocycles. The highest BCUT2D eigenvalue weighted by atomic mass is 14.2. The largest absolute Gasteiger partial charge is 0.0628 e. The molecule has 0 rings (SSSR count). The highest BCUT2D eigenvalue weighted by Gasteiger charge is 2.16. The van der Waals surface area contributed by atoms with E-state index in [0.717, 1.165) is 23.7 Å². The molecule has 0 bridgehead atoms. The number of unbranched alkanes of at least 4 members (excludes halogenated alkanes) is 4. The van der Waals surface area contributed by atoms with Crippen LogP contribution in [0.5, 0.6) is 0 Å². The van der Waals surface area contributed by atoms with Crippen LogP contribution < -0.4 is 0 Å². The molecule has 0 aromatic rings. The van der Waals surface area contributed by atoms with E-state index in [4.69, 9.17) is 0 Å². The van der Waals surface area contributed by atoms with Gasteiger partial charge in [0.05, 0.1) is 0 Å². The van der Waals surface area contributed by atoms with Gasteiger partial charge in [-0.1, -0.05) is 80.1 Å². The second kappa shape index (κ2) is 9.97. The van der Waals surface area contributed by atoms with Crippen LogP contribution in [-0.2, 0) is 0 Å². The van der Waals surface area contributed by atoms with Gasteiger partial charge in [0.1, 0.15) is 0 Å². The van der Waals surface area contributed by atoms with Crippen molar-refractivity contribution >= 4 is 0 Å². The lowest BCUT2D eigenvalue weighted by Crippen LogP contribution is -2.15. The summed E-state index contributed by atoms with van der Waals surface area (Å²) in [6, 6.07) is 0. The fourth-order valence-electron chi connectivity index (χ4n) is 2.90. The lowest BCUT2D eigenvalue weighted by Gasteiger charge is -2.24. The minimum Gasteiger partial charge on any atom is -0.0628 e. The molecule has 104 valence electrons. The molecule has 0 radical (unpaired) electrons. The van der Waals surface area contributed by atoms with Crippen molar-refractivity contribution in [2.45, 2.75) is 86.5 Å². The van der Waals surface area contributed by atoms with Crippen LogP contribution in [0, 0.1) is 23.7 Å². The van der Waals surface area contributed by atoms with E-state index in [1.54, 1.807) is 0 Å². The minimum absolute atomic E-state index is 0.857. The molecule has 0 nitrogen and oxygen atoms in total. The molecule has 0 amide bonds. The summed E-state index contributed by atoms with van der Waals surface area (Å²) in [5, 5.41) is 0. The Balaban J connectivity index is 3.43. The van der Waals surface area contributed by atoms with Crippen LogP contribution in [0.25, 0.3) is 0 Å². The minimum atomic E-state index is 0.857. The summed E-state index contributed by atoms with van der Waals surface area (Å²) in [7, 11) is 0. The fourth-order valence-corrected chi connectivity index (χ4v) is 2.90. The smallest absolute Gasteiger partial charge is 0.0368 e. The lowest BCUT2D eigenvalue weighted by atomic mass is 9.81. The first-order chi connectivity index (χ1) is 7.95. The molecular formula is C17H36. The van der Waals surface area contributed by atoms with Crippen LogP contribution in [0.1, 0.15) is 86.5 Å². The van der Waals surface area contributed by atoms with Crippen molar-refractivity contribution in [2.75, 3.05) is 0 Å². The van der Waals surface area contributed by atoms with Gasteiger partial charge >= 0.3 is 0 Å². The van der Waals surface area contributed by atoms with Crippen molar-refractivity contribution in [1.29, 1.82) is 0 Å². The Labute approximate surface area is 111 Å². The van der Waals surface area contributed by atoms with Crippen molar-refractivity contribution in [2.24, 2.45) is 23.7 Å². The molecule has 0 aromatic carbocycles. The zero-order valence-corrected chi connectivity index (χ0v) is 13.3. The van der Waals surface area contributed by atoms with Crippen molar-refractivity contribution in [3.05, 3.63) is 0 Å². The number of rotatable bonds is 10. The summed E-state index contributed by atoms with van der Waals surface area (Å²) in [5.74, 6) is 3.54. The monoisotopic (exact) mass is 240 g/mol. The van der Waals surface area contributed by atoms with E-state index in [0.29, 0.717) is 0 Å². The predicted molar refractivity (Wildman–Crippen MR) is 80.3 cm³/mol. The summed E-state index contributed by atoms with van der Waals surface area (Å²) < 4.78 is 0. The van der Waals surface area contributed by atoms with E-state index >= 15 is 0 Å². The highest BCUT2D eigenvalue weighted by Crippen LogP contribution is 2.26. The van der Waals surface area contributed by atoms with E-state index in [1.807, 2.05) is 0 Å². The van der Waals surface area contributed by atoms with Gasteiger partial charge in [-0.25, -0.2) is 0 Å². The predicted octanol–water partition coefficient (Wildman–Crippen LogP) is 6.30.